The Morgan fingerprint density at radius 1 is 1.06 bits per heavy atom. The van der Waals surface area contributed by atoms with E-state index >= 15 is 0 Å². The summed E-state index contributed by atoms with van der Waals surface area (Å²) in [5.74, 6) is 2.63. The maximum Gasteiger partial charge on any atom is 0.140 e. The predicted molar refractivity (Wildman–Crippen MR) is 78.7 cm³/mol. The van der Waals surface area contributed by atoms with Gasteiger partial charge in [0.1, 0.15) is 13.5 Å². The molecule has 1 nitrogen and oxygen atoms in total. The normalized spacial score (nSPS) is 12.2. The molecule has 0 aromatic heterocycles. The van der Waals surface area contributed by atoms with E-state index in [-0.39, 0.29) is 0 Å². The Bertz CT molecular complexity index is 262. The minimum absolute atomic E-state index is 0.515. The first-order valence-corrected chi connectivity index (χ1v) is 9.01. The standard InChI is InChI=1S/C15H28OSi/c1-8-9-10-11-15(16)17(12(2)3,13(4)5)14(6)7/h1,12-14H,9-11H2,2-7H3. The highest BCUT2D eigenvalue weighted by atomic mass is 28.3. The molecular formula is C15H28OSi. The van der Waals surface area contributed by atoms with Gasteiger partial charge in [0.05, 0.1) is 0 Å². The minimum Gasteiger partial charge on any atom is -0.305 e. The van der Waals surface area contributed by atoms with Gasteiger partial charge in [-0.25, -0.2) is 0 Å². The molecule has 0 rings (SSSR count). The van der Waals surface area contributed by atoms with Crippen molar-refractivity contribution in [1.29, 1.82) is 0 Å². The summed E-state index contributed by atoms with van der Waals surface area (Å²) in [7, 11) is -1.89. The molecule has 0 spiro atoms. The maximum atomic E-state index is 12.7. The predicted octanol–water partition coefficient (Wildman–Crippen LogP) is 4.58. The van der Waals surface area contributed by atoms with Crippen molar-refractivity contribution in [3.8, 4) is 12.3 Å². The van der Waals surface area contributed by atoms with Gasteiger partial charge in [-0.05, 0) is 23.0 Å². The highest BCUT2D eigenvalue weighted by Crippen LogP contribution is 2.42. The minimum atomic E-state index is -1.89. The molecule has 0 radical (unpaired) electrons. The monoisotopic (exact) mass is 252 g/mol. The van der Waals surface area contributed by atoms with E-state index < -0.39 is 8.07 Å². The largest absolute Gasteiger partial charge is 0.305 e. The van der Waals surface area contributed by atoms with Crippen molar-refractivity contribution < 1.29 is 4.79 Å². The van der Waals surface area contributed by atoms with E-state index in [1.165, 1.54) is 0 Å². The summed E-state index contributed by atoms with van der Waals surface area (Å²) < 4.78 is 0. The summed E-state index contributed by atoms with van der Waals surface area (Å²) in [4.78, 5) is 12.7. The Hall–Kier alpha value is -0.553. The SMILES string of the molecule is C#CCCCC(=O)[Si](C(C)C)(C(C)C)C(C)C. The summed E-state index contributed by atoms with van der Waals surface area (Å²) in [6, 6.07) is 0. The van der Waals surface area contributed by atoms with Gasteiger partial charge in [0.2, 0.25) is 0 Å². The zero-order chi connectivity index (χ0) is 13.6. The molecule has 0 fully saturated rings. The molecule has 0 saturated heterocycles. The Kier molecular flexibility index (Phi) is 6.78. The van der Waals surface area contributed by atoms with Gasteiger partial charge in [-0.2, -0.15) is 0 Å². The molecule has 17 heavy (non-hydrogen) atoms. The molecule has 0 aliphatic rings. The van der Waals surface area contributed by atoms with E-state index in [1.807, 2.05) is 0 Å². The van der Waals surface area contributed by atoms with Crippen LogP contribution in [0.4, 0.5) is 0 Å². The third-order valence-corrected chi connectivity index (χ3v) is 11.0. The van der Waals surface area contributed by atoms with Gasteiger partial charge in [0.25, 0.3) is 0 Å². The van der Waals surface area contributed by atoms with Crippen molar-refractivity contribution in [3.63, 3.8) is 0 Å². The number of rotatable bonds is 7. The van der Waals surface area contributed by atoms with Crippen LogP contribution in [-0.4, -0.2) is 13.5 Å². The lowest BCUT2D eigenvalue weighted by Crippen LogP contribution is -2.52. The van der Waals surface area contributed by atoms with Crippen molar-refractivity contribution in [3.05, 3.63) is 0 Å². The Morgan fingerprint density at radius 2 is 1.47 bits per heavy atom. The number of unbranched alkanes of at least 4 members (excludes halogenated alkanes) is 1. The van der Waals surface area contributed by atoms with Crippen molar-refractivity contribution in [2.45, 2.75) is 77.4 Å². The second-order valence-electron chi connectivity index (χ2n) is 5.88. The van der Waals surface area contributed by atoms with Crippen molar-refractivity contribution in [1.82, 2.24) is 0 Å². The molecule has 0 aromatic carbocycles. The van der Waals surface area contributed by atoms with Crippen LogP contribution in [0.2, 0.25) is 16.6 Å². The van der Waals surface area contributed by atoms with Gasteiger partial charge >= 0.3 is 0 Å². The second kappa shape index (κ2) is 7.01. The molecule has 0 aromatic rings. The maximum absolute atomic E-state index is 12.7. The molecule has 0 N–H and O–H groups in total. The summed E-state index contributed by atoms with van der Waals surface area (Å²) in [6.45, 7) is 13.4. The van der Waals surface area contributed by atoms with Crippen LogP contribution in [0.5, 0.6) is 0 Å². The van der Waals surface area contributed by atoms with Crippen LogP contribution >= 0.6 is 0 Å². The van der Waals surface area contributed by atoms with E-state index in [4.69, 9.17) is 6.42 Å². The van der Waals surface area contributed by atoms with Crippen LogP contribution in [0.15, 0.2) is 0 Å². The van der Waals surface area contributed by atoms with Crippen molar-refractivity contribution >= 4 is 13.5 Å². The average Bonchev–Trinajstić information content (AvgIpc) is 2.16. The fourth-order valence-electron chi connectivity index (χ4n) is 3.53. The number of hydrogen-bond donors (Lipinski definition) is 0. The molecule has 0 aliphatic carbocycles. The van der Waals surface area contributed by atoms with Gasteiger partial charge in [0, 0.05) is 12.8 Å². The van der Waals surface area contributed by atoms with E-state index in [1.54, 1.807) is 0 Å². The summed E-state index contributed by atoms with van der Waals surface area (Å²) >= 11 is 0. The Balaban J connectivity index is 5.04. The summed E-state index contributed by atoms with van der Waals surface area (Å²) in [5.41, 5.74) is 1.54. The van der Waals surface area contributed by atoms with Crippen LogP contribution in [0.1, 0.15) is 60.8 Å². The molecule has 2 heteroatoms. The molecule has 0 saturated carbocycles. The van der Waals surface area contributed by atoms with Crippen LogP contribution < -0.4 is 0 Å². The van der Waals surface area contributed by atoms with E-state index in [0.717, 1.165) is 12.8 Å². The van der Waals surface area contributed by atoms with Gasteiger partial charge in [0.15, 0.2) is 0 Å². The van der Waals surface area contributed by atoms with E-state index in [2.05, 4.69) is 47.5 Å². The molecule has 0 bridgehead atoms. The number of carbonyl (C=O) groups is 1. The third kappa shape index (κ3) is 3.45. The lowest BCUT2D eigenvalue weighted by atomic mass is 10.2. The van der Waals surface area contributed by atoms with Gasteiger partial charge in [-0.1, -0.05) is 41.5 Å². The fourth-order valence-corrected chi connectivity index (χ4v) is 10.1. The summed E-state index contributed by atoms with van der Waals surface area (Å²) in [5, 5.41) is 0.535. The zero-order valence-corrected chi connectivity index (χ0v) is 13.3. The van der Waals surface area contributed by atoms with Crippen molar-refractivity contribution in [2.75, 3.05) is 0 Å². The van der Waals surface area contributed by atoms with Crippen LogP contribution in [0.25, 0.3) is 0 Å². The third-order valence-electron chi connectivity index (χ3n) is 4.07. The second-order valence-corrected chi connectivity index (χ2v) is 11.8. The lowest BCUT2D eigenvalue weighted by molar-refractivity contribution is -0.113. The van der Waals surface area contributed by atoms with Crippen molar-refractivity contribution in [2.24, 2.45) is 0 Å². The Labute approximate surface area is 108 Å². The van der Waals surface area contributed by atoms with E-state index in [0.29, 0.717) is 28.5 Å². The van der Waals surface area contributed by atoms with Crippen LogP contribution in [-0.2, 0) is 4.79 Å². The van der Waals surface area contributed by atoms with Crippen LogP contribution in [0, 0.1) is 12.3 Å². The number of hydrogen-bond acceptors (Lipinski definition) is 1. The topological polar surface area (TPSA) is 17.1 Å². The van der Waals surface area contributed by atoms with E-state index in [9.17, 15) is 4.79 Å². The highest BCUT2D eigenvalue weighted by Gasteiger charge is 2.48. The first kappa shape index (κ1) is 16.4. The molecular weight excluding hydrogens is 224 g/mol. The lowest BCUT2D eigenvalue weighted by Gasteiger charge is -2.41. The molecule has 0 unspecified atom stereocenters. The molecule has 0 amide bonds. The van der Waals surface area contributed by atoms with Gasteiger partial charge < -0.3 is 4.79 Å². The highest BCUT2D eigenvalue weighted by molar-refractivity contribution is 7.08. The van der Waals surface area contributed by atoms with Gasteiger partial charge in [-0.3, -0.25) is 0 Å². The molecule has 0 atom stereocenters. The van der Waals surface area contributed by atoms with Crippen LogP contribution in [0.3, 0.4) is 0 Å². The zero-order valence-electron chi connectivity index (χ0n) is 12.3. The molecule has 0 heterocycles. The molecule has 98 valence electrons. The number of terminal acetylenes is 1. The summed E-state index contributed by atoms with van der Waals surface area (Å²) in [6.07, 6.45) is 7.52. The molecule has 0 aliphatic heterocycles. The quantitative estimate of drug-likeness (QED) is 0.368. The number of carbonyl (C=O) groups excluding carboxylic acids is 1. The first-order valence-electron chi connectivity index (χ1n) is 6.78. The average molecular weight is 252 g/mol. The fraction of sp³-hybridized carbons (Fsp3) is 0.800. The Morgan fingerprint density at radius 3 is 1.76 bits per heavy atom. The van der Waals surface area contributed by atoms with Gasteiger partial charge in [-0.15, -0.1) is 12.3 Å². The smallest absolute Gasteiger partial charge is 0.140 e. The first-order chi connectivity index (χ1) is 7.81.